The molecule has 2 fully saturated rings. The van der Waals surface area contributed by atoms with E-state index in [0.717, 1.165) is 36.8 Å². The molecule has 2 aliphatic rings. The minimum atomic E-state index is -0.126. The quantitative estimate of drug-likeness (QED) is 0.924. The molecule has 1 aromatic carbocycles. The predicted octanol–water partition coefficient (Wildman–Crippen LogP) is 3.12. The van der Waals surface area contributed by atoms with Gasteiger partial charge in [0.15, 0.2) is 0 Å². The topological polar surface area (TPSA) is 38.3 Å². The summed E-state index contributed by atoms with van der Waals surface area (Å²) >= 11 is 3.49. The van der Waals surface area contributed by atoms with Crippen LogP contribution in [0.25, 0.3) is 0 Å². The molecule has 1 N–H and O–H groups in total. The summed E-state index contributed by atoms with van der Waals surface area (Å²) < 4.78 is 6.57. The molecule has 1 saturated carbocycles. The normalized spacial score (nSPS) is 24.2. The highest BCUT2D eigenvalue weighted by Gasteiger charge is 2.45. The summed E-state index contributed by atoms with van der Waals surface area (Å²) in [5.74, 6) is 0.115. The van der Waals surface area contributed by atoms with Gasteiger partial charge in [-0.1, -0.05) is 28.1 Å². The van der Waals surface area contributed by atoms with Crippen molar-refractivity contribution < 1.29 is 9.53 Å². The molecule has 1 atom stereocenters. The van der Waals surface area contributed by atoms with E-state index >= 15 is 0 Å². The molecule has 1 saturated heterocycles. The molecule has 0 bridgehead atoms. The zero-order valence-corrected chi connectivity index (χ0v) is 12.4. The molecule has 102 valence electrons. The fraction of sp³-hybridized carbons (Fsp3) is 0.533. The number of hydrogen-bond acceptors (Lipinski definition) is 2. The van der Waals surface area contributed by atoms with E-state index in [-0.39, 0.29) is 17.6 Å². The van der Waals surface area contributed by atoms with Gasteiger partial charge in [0.25, 0.3) is 0 Å². The fourth-order valence-electron chi connectivity index (χ4n) is 2.73. The first-order chi connectivity index (χ1) is 9.18. The number of hydrogen-bond donors (Lipinski definition) is 1. The number of halogens is 1. The third-order valence-electron chi connectivity index (χ3n) is 3.94. The number of rotatable bonds is 4. The maximum Gasteiger partial charge on any atom is 0.223 e. The molecule has 3 rings (SSSR count). The molecule has 0 radical (unpaired) electrons. The molecule has 1 amide bonds. The highest BCUT2D eigenvalue weighted by molar-refractivity contribution is 9.10. The Morgan fingerprint density at radius 3 is 2.95 bits per heavy atom. The average Bonchev–Trinajstić information content (AvgIpc) is 2.97. The maximum absolute atomic E-state index is 12.1. The van der Waals surface area contributed by atoms with E-state index in [1.165, 1.54) is 5.56 Å². The van der Waals surface area contributed by atoms with E-state index in [2.05, 4.69) is 33.4 Å². The van der Waals surface area contributed by atoms with E-state index < -0.39 is 0 Å². The van der Waals surface area contributed by atoms with Crippen molar-refractivity contribution in [3.63, 3.8) is 0 Å². The van der Waals surface area contributed by atoms with Crippen LogP contribution in [-0.2, 0) is 15.1 Å². The van der Waals surface area contributed by atoms with Gasteiger partial charge in [0, 0.05) is 11.1 Å². The summed E-state index contributed by atoms with van der Waals surface area (Å²) in [6, 6.07) is 8.21. The van der Waals surface area contributed by atoms with Crippen LogP contribution < -0.4 is 5.32 Å². The second kappa shape index (κ2) is 5.25. The Balaban J connectivity index is 1.63. The summed E-state index contributed by atoms with van der Waals surface area (Å²) in [5.41, 5.74) is 1.07. The van der Waals surface area contributed by atoms with E-state index in [1.54, 1.807) is 0 Å². The van der Waals surface area contributed by atoms with Gasteiger partial charge < -0.3 is 10.1 Å². The lowest BCUT2D eigenvalue weighted by Crippen LogP contribution is -2.36. The van der Waals surface area contributed by atoms with Gasteiger partial charge in [-0.2, -0.15) is 0 Å². The van der Waals surface area contributed by atoms with Gasteiger partial charge in [-0.05, 0) is 43.4 Å². The van der Waals surface area contributed by atoms with Crippen molar-refractivity contribution in [1.82, 2.24) is 5.32 Å². The predicted molar refractivity (Wildman–Crippen MR) is 76.8 cm³/mol. The first-order valence-electron chi connectivity index (χ1n) is 6.87. The molecule has 0 spiro atoms. The Bertz CT molecular complexity index is 479. The Labute approximate surface area is 121 Å². The van der Waals surface area contributed by atoms with Crippen LogP contribution in [0, 0.1) is 0 Å². The average molecular weight is 324 g/mol. The van der Waals surface area contributed by atoms with Crippen molar-refractivity contribution in [2.24, 2.45) is 0 Å². The summed E-state index contributed by atoms with van der Waals surface area (Å²) in [6.45, 7) is 0.800. The van der Waals surface area contributed by atoms with Gasteiger partial charge in [0.1, 0.15) is 0 Å². The second-order valence-corrected chi connectivity index (χ2v) is 6.40. The first-order valence-corrected chi connectivity index (χ1v) is 7.66. The third kappa shape index (κ3) is 3.00. The summed E-state index contributed by atoms with van der Waals surface area (Å²) in [6.07, 6.45) is 4.77. The van der Waals surface area contributed by atoms with Crippen molar-refractivity contribution >= 4 is 21.8 Å². The lowest BCUT2D eigenvalue weighted by Gasteiger charge is -2.19. The largest absolute Gasteiger partial charge is 0.378 e. The monoisotopic (exact) mass is 323 g/mol. The highest BCUT2D eigenvalue weighted by atomic mass is 79.9. The van der Waals surface area contributed by atoms with Crippen molar-refractivity contribution in [2.45, 2.75) is 43.7 Å². The third-order valence-corrected chi connectivity index (χ3v) is 4.44. The van der Waals surface area contributed by atoms with Gasteiger partial charge in [-0.3, -0.25) is 4.79 Å². The Morgan fingerprint density at radius 2 is 2.32 bits per heavy atom. The van der Waals surface area contributed by atoms with Gasteiger partial charge in [-0.25, -0.2) is 0 Å². The van der Waals surface area contributed by atoms with Gasteiger partial charge >= 0.3 is 0 Å². The van der Waals surface area contributed by atoms with Crippen molar-refractivity contribution in [3.05, 3.63) is 34.3 Å². The Hall–Kier alpha value is -0.870. The molecular formula is C15H18BrNO2. The van der Waals surface area contributed by atoms with Crippen LogP contribution in [0.2, 0.25) is 0 Å². The van der Waals surface area contributed by atoms with Crippen LogP contribution in [0.1, 0.15) is 37.7 Å². The minimum Gasteiger partial charge on any atom is -0.378 e. The van der Waals surface area contributed by atoms with Crippen molar-refractivity contribution in [2.75, 3.05) is 6.61 Å². The molecule has 1 aromatic rings. The van der Waals surface area contributed by atoms with E-state index in [4.69, 9.17) is 4.74 Å². The van der Waals surface area contributed by atoms with Crippen LogP contribution in [0.3, 0.4) is 0 Å². The number of benzene rings is 1. The number of carbonyl (C=O) groups excluding carboxylic acids is 1. The van der Waals surface area contributed by atoms with E-state index in [1.807, 2.05) is 12.1 Å². The smallest absolute Gasteiger partial charge is 0.223 e. The van der Waals surface area contributed by atoms with Crippen LogP contribution in [0.4, 0.5) is 0 Å². The lowest BCUT2D eigenvalue weighted by molar-refractivity contribution is -0.124. The molecule has 1 aliphatic carbocycles. The SMILES string of the molecule is O=C(C[C@@H]1CCCO1)NC1(c2cccc(Br)c2)CC1. The fourth-order valence-corrected chi connectivity index (χ4v) is 3.13. The zero-order chi connectivity index (χ0) is 13.3. The molecule has 0 aromatic heterocycles. The molecule has 4 heteroatoms. The van der Waals surface area contributed by atoms with Gasteiger partial charge in [0.05, 0.1) is 18.1 Å². The second-order valence-electron chi connectivity index (χ2n) is 5.48. The van der Waals surface area contributed by atoms with E-state index in [0.29, 0.717) is 6.42 Å². The summed E-state index contributed by atoms with van der Waals surface area (Å²) in [7, 11) is 0. The summed E-state index contributed by atoms with van der Waals surface area (Å²) in [4.78, 5) is 12.1. The number of nitrogens with one attached hydrogen (secondary N) is 1. The molecule has 3 nitrogen and oxygen atoms in total. The van der Waals surface area contributed by atoms with Crippen LogP contribution in [-0.4, -0.2) is 18.6 Å². The molecular weight excluding hydrogens is 306 g/mol. The van der Waals surface area contributed by atoms with Crippen LogP contribution >= 0.6 is 15.9 Å². The van der Waals surface area contributed by atoms with Crippen molar-refractivity contribution in [3.8, 4) is 0 Å². The van der Waals surface area contributed by atoms with Crippen LogP contribution in [0.5, 0.6) is 0 Å². The molecule has 0 unspecified atom stereocenters. The number of carbonyl (C=O) groups is 1. The first kappa shape index (κ1) is 13.1. The van der Waals surface area contributed by atoms with Gasteiger partial charge in [-0.15, -0.1) is 0 Å². The molecule has 19 heavy (non-hydrogen) atoms. The number of ether oxygens (including phenoxy) is 1. The Morgan fingerprint density at radius 1 is 1.47 bits per heavy atom. The zero-order valence-electron chi connectivity index (χ0n) is 10.8. The van der Waals surface area contributed by atoms with E-state index in [9.17, 15) is 4.79 Å². The maximum atomic E-state index is 12.1. The number of amides is 1. The summed E-state index contributed by atoms with van der Waals surface area (Å²) in [5, 5.41) is 3.20. The highest BCUT2D eigenvalue weighted by Crippen LogP contribution is 2.46. The van der Waals surface area contributed by atoms with Gasteiger partial charge in [0.2, 0.25) is 5.91 Å². The molecule has 1 aliphatic heterocycles. The Kier molecular flexibility index (Phi) is 3.63. The standard InChI is InChI=1S/C15H18BrNO2/c16-12-4-1-3-11(9-12)15(6-7-15)17-14(18)10-13-5-2-8-19-13/h1,3-4,9,13H,2,5-8,10H2,(H,17,18)/t13-/m0/s1. The minimum absolute atomic E-state index is 0.115. The van der Waals surface area contributed by atoms with Crippen LogP contribution in [0.15, 0.2) is 28.7 Å². The molecule has 1 heterocycles. The van der Waals surface area contributed by atoms with Crippen molar-refractivity contribution in [1.29, 1.82) is 0 Å². The lowest BCUT2D eigenvalue weighted by atomic mass is 10.0.